The molecule has 0 aliphatic carbocycles. The van der Waals surface area contributed by atoms with Crippen molar-refractivity contribution in [2.24, 2.45) is 14.1 Å². The van der Waals surface area contributed by atoms with Gasteiger partial charge in [-0.2, -0.15) is 0 Å². The monoisotopic (exact) mass is 312 g/mol. The Balaban J connectivity index is 1.65. The summed E-state index contributed by atoms with van der Waals surface area (Å²) < 4.78 is 3.84. The van der Waals surface area contributed by atoms with Crippen LogP contribution in [0.2, 0.25) is 0 Å². The van der Waals surface area contributed by atoms with Crippen LogP contribution in [0.15, 0.2) is 30.6 Å². The van der Waals surface area contributed by atoms with Gasteiger partial charge in [-0.1, -0.05) is 12.1 Å². The fourth-order valence-electron chi connectivity index (χ4n) is 2.69. The van der Waals surface area contributed by atoms with Crippen LogP contribution in [0.3, 0.4) is 0 Å². The number of fused-ring (bicyclic) bond motifs is 1. The van der Waals surface area contributed by atoms with Gasteiger partial charge >= 0.3 is 0 Å². The van der Waals surface area contributed by atoms with Crippen LogP contribution in [0, 0.1) is 0 Å². The van der Waals surface area contributed by atoms with E-state index in [0.29, 0.717) is 12.8 Å². The number of carbonyl (C=O) groups excluding carboxylic acids is 1. The summed E-state index contributed by atoms with van der Waals surface area (Å²) in [5.74, 6) is 1.63. The first-order chi connectivity index (χ1) is 11.1. The van der Waals surface area contributed by atoms with Gasteiger partial charge in [-0.3, -0.25) is 4.79 Å². The number of aryl methyl sites for hydroxylation is 3. The maximum absolute atomic E-state index is 12.2. The minimum absolute atomic E-state index is 0.0208. The predicted molar refractivity (Wildman–Crippen MR) is 86.6 cm³/mol. The summed E-state index contributed by atoms with van der Waals surface area (Å²) in [4.78, 5) is 16.8. The molecule has 3 aromatic rings. The number of nitrogens with one attached hydrogen (secondary N) is 1. The van der Waals surface area contributed by atoms with Crippen LogP contribution in [0.4, 0.5) is 0 Å². The molecule has 120 valence electrons. The zero-order valence-electron chi connectivity index (χ0n) is 13.5. The van der Waals surface area contributed by atoms with E-state index in [4.69, 9.17) is 0 Å². The molecular weight excluding hydrogens is 292 g/mol. The summed E-state index contributed by atoms with van der Waals surface area (Å²) in [6, 6.07) is 7.79. The van der Waals surface area contributed by atoms with Crippen molar-refractivity contribution in [1.29, 1.82) is 0 Å². The topological polar surface area (TPSA) is 77.6 Å². The van der Waals surface area contributed by atoms with Crippen LogP contribution in [-0.2, 0) is 25.3 Å². The quantitative estimate of drug-likeness (QED) is 0.774. The number of benzene rings is 1. The Morgan fingerprint density at radius 3 is 2.78 bits per heavy atom. The summed E-state index contributed by atoms with van der Waals surface area (Å²) in [7, 11) is 3.84. The third-order valence-electron chi connectivity index (χ3n) is 3.97. The average Bonchev–Trinajstić information content (AvgIpc) is 3.09. The number of hydrogen-bond donors (Lipinski definition) is 1. The van der Waals surface area contributed by atoms with E-state index < -0.39 is 0 Å². The molecule has 1 amide bonds. The van der Waals surface area contributed by atoms with Gasteiger partial charge < -0.3 is 14.5 Å². The molecule has 0 fully saturated rings. The number of hydrogen-bond acceptors (Lipinski definition) is 4. The lowest BCUT2D eigenvalue weighted by atomic mass is 10.2. The number of nitrogens with zero attached hydrogens (tertiary/aromatic N) is 5. The van der Waals surface area contributed by atoms with E-state index in [1.54, 1.807) is 6.33 Å². The Bertz CT molecular complexity index is 834. The van der Waals surface area contributed by atoms with Gasteiger partial charge in [-0.25, -0.2) is 4.98 Å². The van der Waals surface area contributed by atoms with Crippen molar-refractivity contribution in [2.45, 2.75) is 25.8 Å². The molecule has 7 heteroatoms. The van der Waals surface area contributed by atoms with Gasteiger partial charge in [-0.05, 0) is 19.1 Å². The minimum Gasteiger partial charge on any atom is -0.346 e. The highest BCUT2D eigenvalue weighted by atomic mass is 16.1. The van der Waals surface area contributed by atoms with Gasteiger partial charge in [0.15, 0.2) is 0 Å². The normalized spacial score (nSPS) is 12.5. The molecule has 0 aliphatic rings. The molecule has 2 heterocycles. The Kier molecular flexibility index (Phi) is 4.10. The molecule has 0 bridgehead atoms. The molecule has 23 heavy (non-hydrogen) atoms. The van der Waals surface area contributed by atoms with Crippen LogP contribution >= 0.6 is 0 Å². The average molecular weight is 312 g/mol. The van der Waals surface area contributed by atoms with Gasteiger partial charge in [0, 0.05) is 26.9 Å². The second kappa shape index (κ2) is 6.20. The number of carbonyl (C=O) groups is 1. The van der Waals surface area contributed by atoms with Crippen LogP contribution in [0.5, 0.6) is 0 Å². The van der Waals surface area contributed by atoms with Crippen molar-refractivity contribution in [3.63, 3.8) is 0 Å². The van der Waals surface area contributed by atoms with Gasteiger partial charge in [0.25, 0.3) is 0 Å². The van der Waals surface area contributed by atoms with E-state index in [9.17, 15) is 4.79 Å². The lowest BCUT2D eigenvalue weighted by Crippen LogP contribution is -2.28. The molecule has 0 spiro atoms. The first-order valence-electron chi connectivity index (χ1n) is 7.60. The van der Waals surface area contributed by atoms with Crippen molar-refractivity contribution in [3.05, 3.63) is 42.2 Å². The highest BCUT2D eigenvalue weighted by Gasteiger charge is 2.16. The largest absolute Gasteiger partial charge is 0.346 e. The van der Waals surface area contributed by atoms with Crippen LogP contribution in [0.25, 0.3) is 11.0 Å². The van der Waals surface area contributed by atoms with Crippen molar-refractivity contribution < 1.29 is 4.79 Å². The van der Waals surface area contributed by atoms with E-state index in [-0.39, 0.29) is 11.9 Å². The van der Waals surface area contributed by atoms with E-state index in [1.165, 1.54) is 0 Å². The zero-order chi connectivity index (χ0) is 16.4. The Morgan fingerprint density at radius 1 is 1.30 bits per heavy atom. The van der Waals surface area contributed by atoms with Gasteiger partial charge in [0.1, 0.15) is 18.0 Å². The summed E-state index contributed by atoms with van der Waals surface area (Å²) in [5, 5.41) is 10.8. The second-order valence-corrected chi connectivity index (χ2v) is 5.67. The number of imidazole rings is 1. The maximum atomic E-state index is 12.2. The SMILES string of the molecule is C[C@H](NC(=O)CCc1nncn1C)c1nc2ccccc2n1C. The van der Waals surface area contributed by atoms with Crippen LogP contribution in [-0.4, -0.2) is 30.2 Å². The first kappa shape index (κ1) is 15.2. The summed E-state index contributed by atoms with van der Waals surface area (Å²) >= 11 is 0. The molecule has 0 saturated carbocycles. The molecular formula is C16H20N6O. The van der Waals surface area contributed by atoms with Crippen LogP contribution < -0.4 is 5.32 Å². The first-order valence-corrected chi connectivity index (χ1v) is 7.60. The molecule has 1 N–H and O–H groups in total. The summed E-state index contributed by atoms with van der Waals surface area (Å²) in [5.41, 5.74) is 1.99. The molecule has 0 saturated heterocycles. The number of rotatable bonds is 5. The maximum Gasteiger partial charge on any atom is 0.221 e. The van der Waals surface area contributed by atoms with Crippen molar-refractivity contribution in [2.75, 3.05) is 0 Å². The molecule has 2 aromatic heterocycles. The van der Waals surface area contributed by atoms with Gasteiger partial charge in [-0.15, -0.1) is 10.2 Å². The van der Waals surface area contributed by atoms with Gasteiger partial charge in [0.2, 0.25) is 5.91 Å². The van der Waals surface area contributed by atoms with E-state index in [2.05, 4.69) is 20.5 Å². The third-order valence-corrected chi connectivity index (χ3v) is 3.97. The molecule has 1 atom stereocenters. The van der Waals surface area contributed by atoms with Crippen LogP contribution in [0.1, 0.15) is 31.0 Å². The molecule has 0 aliphatic heterocycles. The Hall–Kier alpha value is -2.70. The summed E-state index contributed by atoms with van der Waals surface area (Å²) in [6.07, 6.45) is 2.58. The molecule has 0 radical (unpaired) electrons. The Labute approximate surface area is 134 Å². The van der Waals surface area contributed by atoms with Gasteiger partial charge in [0.05, 0.1) is 17.1 Å². The molecule has 3 rings (SSSR count). The third kappa shape index (κ3) is 3.08. The lowest BCUT2D eigenvalue weighted by molar-refractivity contribution is -0.121. The van der Waals surface area contributed by atoms with E-state index in [1.807, 2.05) is 54.4 Å². The molecule has 0 unspecified atom stereocenters. The highest BCUT2D eigenvalue weighted by molar-refractivity contribution is 5.78. The summed E-state index contributed by atoms with van der Waals surface area (Å²) in [6.45, 7) is 1.95. The predicted octanol–water partition coefficient (Wildman–Crippen LogP) is 1.51. The standard InChI is InChI=1S/C16H20N6O/c1-11(16-19-12-6-4-5-7-13(12)22(16)3)18-15(23)9-8-14-20-17-10-21(14)2/h4-7,10-11H,8-9H2,1-3H3,(H,18,23)/t11-/m0/s1. The van der Waals surface area contributed by atoms with Crippen molar-refractivity contribution in [1.82, 2.24) is 29.6 Å². The minimum atomic E-state index is -0.153. The number of amides is 1. The number of para-hydroxylation sites is 2. The zero-order valence-corrected chi connectivity index (χ0v) is 13.5. The van der Waals surface area contributed by atoms with Crippen molar-refractivity contribution in [3.8, 4) is 0 Å². The Morgan fingerprint density at radius 2 is 2.09 bits per heavy atom. The fourth-order valence-corrected chi connectivity index (χ4v) is 2.69. The molecule has 1 aromatic carbocycles. The fraction of sp³-hybridized carbons (Fsp3) is 0.375. The smallest absolute Gasteiger partial charge is 0.221 e. The van der Waals surface area contributed by atoms with E-state index in [0.717, 1.165) is 22.7 Å². The van der Waals surface area contributed by atoms with Crippen molar-refractivity contribution >= 4 is 16.9 Å². The number of aromatic nitrogens is 5. The lowest BCUT2D eigenvalue weighted by Gasteiger charge is -2.13. The highest BCUT2D eigenvalue weighted by Crippen LogP contribution is 2.19. The van der Waals surface area contributed by atoms with E-state index >= 15 is 0 Å². The second-order valence-electron chi connectivity index (χ2n) is 5.67. The molecule has 7 nitrogen and oxygen atoms in total.